The molecule has 4 rings (SSSR count). The lowest BCUT2D eigenvalue weighted by Crippen LogP contribution is -2.43. The molecule has 1 amide bonds. The molecule has 1 heterocycles. The van der Waals surface area contributed by atoms with Crippen LogP contribution >= 0.6 is 11.6 Å². The van der Waals surface area contributed by atoms with E-state index in [0.717, 1.165) is 22.8 Å². The van der Waals surface area contributed by atoms with E-state index in [1.165, 1.54) is 19.2 Å². The Labute approximate surface area is 217 Å². The first kappa shape index (κ1) is 26.0. The fraction of sp³-hybridized carbons (Fsp3) is 0.222. The number of aromatic nitrogens is 2. The van der Waals surface area contributed by atoms with Crippen LogP contribution in [0.3, 0.4) is 0 Å². The first-order chi connectivity index (χ1) is 17.6. The molecule has 37 heavy (non-hydrogen) atoms. The topological polar surface area (TPSA) is 85.6 Å². The molecule has 1 aromatic heterocycles. The van der Waals surface area contributed by atoms with Gasteiger partial charge in [0.2, 0.25) is 0 Å². The van der Waals surface area contributed by atoms with Crippen LogP contribution in [0.4, 0.5) is 10.1 Å². The number of esters is 1. The average Bonchev–Trinajstić information content (AvgIpc) is 3.12. The maximum atomic E-state index is 14.2. The fourth-order valence-corrected chi connectivity index (χ4v) is 4.40. The van der Waals surface area contributed by atoms with Crippen molar-refractivity contribution >= 4 is 40.2 Å². The number of ether oxygens (including phenoxy) is 1. The van der Waals surface area contributed by atoms with Crippen molar-refractivity contribution in [3.05, 3.63) is 93.1 Å². The number of carbonyl (C=O) groups is 2. The third kappa shape index (κ3) is 5.08. The minimum Gasteiger partial charge on any atom is -0.467 e. The van der Waals surface area contributed by atoms with Gasteiger partial charge in [0.1, 0.15) is 11.9 Å². The van der Waals surface area contributed by atoms with E-state index in [1.54, 1.807) is 40.4 Å². The Bertz CT molecular complexity index is 1520. The predicted molar refractivity (Wildman–Crippen MR) is 141 cm³/mol. The van der Waals surface area contributed by atoms with Crippen LogP contribution in [0, 0.1) is 5.82 Å². The summed E-state index contributed by atoms with van der Waals surface area (Å²) < 4.78 is 22.2. The lowest BCUT2D eigenvalue weighted by Gasteiger charge is -2.17. The van der Waals surface area contributed by atoms with Gasteiger partial charge in [-0.15, -0.1) is 0 Å². The van der Waals surface area contributed by atoms with E-state index in [4.69, 9.17) is 16.3 Å². The van der Waals surface area contributed by atoms with Crippen molar-refractivity contribution in [2.24, 2.45) is 7.05 Å². The minimum atomic E-state index is -1.08. The first-order valence-electron chi connectivity index (χ1n) is 11.4. The van der Waals surface area contributed by atoms with Gasteiger partial charge < -0.3 is 15.0 Å². The highest BCUT2D eigenvalue weighted by molar-refractivity contribution is 6.33. The van der Waals surface area contributed by atoms with Crippen molar-refractivity contribution in [1.29, 1.82) is 0 Å². The van der Waals surface area contributed by atoms with Crippen molar-refractivity contribution in [2.75, 3.05) is 26.1 Å². The van der Waals surface area contributed by atoms with Gasteiger partial charge in [0.05, 0.1) is 34.4 Å². The molecule has 0 radical (unpaired) electrons. The summed E-state index contributed by atoms with van der Waals surface area (Å²) in [7, 11) is 6.80. The number of amides is 1. The number of methoxy groups -OCH3 is 1. The lowest BCUT2D eigenvalue weighted by molar-refractivity contribution is -0.142. The molecule has 1 N–H and O–H groups in total. The SMILES string of the molecule is COC(=O)C(Cc1ccc(-n2c(=O)n(C)c3cc(N(C)C)ccc32)cc1)NC(=O)c1c(F)cccc1Cl. The summed E-state index contributed by atoms with van der Waals surface area (Å²) in [5, 5.41) is 2.44. The monoisotopic (exact) mass is 524 g/mol. The number of anilines is 1. The number of fused-ring (bicyclic) bond motifs is 1. The van der Waals surface area contributed by atoms with E-state index < -0.39 is 23.7 Å². The lowest BCUT2D eigenvalue weighted by atomic mass is 10.0. The van der Waals surface area contributed by atoms with Crippen LogP contribution in [0.5, 0.6) is 0 Å². The molecule has 4 aromatic rings. The third-order valence-corrected chi connectivity index (χ3v) is 6.49. The molecule has 192 valence electrons. The summed E-state index contributed by atoms with van der Waals surface area (Å²) in [5.41, 5.74) is 3.33. The number of aryl methyl sites for hydroxylation is 1. The Morgan fingerprint density at radius 1 is 1.08 bits per heavy atom. The van der Waals surface area contributed by atoms with Crippen molar-refractivity contribution in [2.45, 2.75) is 12.5 Å². The number of halogens is 2. The number of nitrogens with zero attached hydrogens (tertiary/aromatic N) is 3. The summed E-state index contributed by atoms with van der Waals surface area (Å²) >= 11 is 5.99. The number of rotatable bonds is 7. The molecular weight excluding hydrogens is 499 g/mol. The largest absolute Gasteiger partial charge is 0.467 e. The van der Waals surface area contributed by atoms with Crippen LogP contribution < -0.4 is 15.9 Å². The van der Waals surface area contributed by atoms with Crippen LogP contribution in [-0.2, 0) is 23.0 Å². The zero-order valence-electron chi connectivity index (χ0n) is 20.8. The Kier molecular flexibility index (Phi) is 7.35. The molecule has 0 saturated heterocycles. The summed E-state index contributed by atoms with van der Waals surface area (Å²) in [4.78, 5) is 40.1. The molecule has 1 unspecified atom stereocenters. The number of hydrogen-bond donors (Lipinski definition) is 1. The maximum Gasteiger partial charge on any atom is 0.333 e. The average molecular weight is 525 g/mol. The van der Waals surface area contributed by atoms with Gasteiger partial charge in [-0.2, -0.15) is 0 Å². The predicted octanol–water partition coefficient (Wildman–Crippen LogP) is 3.70. The Hall–Kier alpha value is -4.11. The maximum absolute atomic E-state index is 14.2. The van der Waals surface area contributed by atoms with E-state index in [0.29, 0.717) is 11.3 Å². The van der Waals surface area contributed by atoms with Gasteiger partial charge in [-0.3, -0.25) is 13.9 Å². The molecule has 0 bridgehead atoms. The molecule has 0 fully saturated rings. The molecule has 3 aromatic carbocycles. The molecule has 0 saturated carbocycles. The Morgan fingerprint density at radius 3 is 2.41 bits per heavy atom. The Balaban J connectivity index is 1.61. The van der Waals surface area contributed by atoms with E-state index >= 15 is 0 Å². The molecule has 8 nitrogen and oxygen atoms in total. The summed E-state index contributed by atoms with van der Waals surface area (Å²) in [6, 6.07) is 15.6. The summed E-state index contributed by atoms with van der Waals surface area (Å²) in [6.45, 7) is 0. The zero-order valence-corrected chi connectivity index (χ0v) is 21.5. The first-order valence-corrected chi connectivity index (χ1v) is 11.8. The number of carbonyl (C=O) groups excluding carboxylic acids is 2. The van der Waals surface area contributed by atoms with Gasteiger partial charge in [0.25, 0.3) is 5.91 Å². The van der Waals surface area contributed by atoms with Gasteiger partial charge >= 0.3 is 11.7 Å². The van der Waals surface area contributed by atoms with Gasteiger partial charge in [0, 0.05) is 33.3 Å². The van der Waals surface area contributed by atoms with Gasteiger partial charge in [-0.25, -0.2) is 14.0 Å². The number of hydrogen-bond acceptors (Lipinski definition) is 5. The van der Waals surface area contributed by atoms with E-state index in [9.17, 15) is 18.8 Å². The van der Waals surface area contributed by atoms with E-state index in [1.807, 2.05) is 37.2 Å². The van der Waals surface area contributed by atoms with Gasteiger partial charge in [-0.1, -0.05) is 29.8 Å². The number of imidazole rings is 1. The molecule has 0 spiro atoms. The van der Waals surface area contributed by atoms with Crippen LogP contribution in [0.25, 0.3) is 16.7 Å². The number of nitrogens with one attached hydrogen (secondary N) is 1. The second kappa shape index (κ2) is 10.5. The van der Waals surface area contributed by atoms with Gasteiger partial charge in [-0.05, 0) is 48.0 Å². The summed E-state index contributed by atoms with van der Waals surface area (Å²) in [6.07, 6.45) is 0.0847. The molecule has 0 aliphatic heterocycles. The minimum absolute atomic E-state index is 0.0660. The van der Waals surface area contributed by atoms with Crippen molar-refractivity contribution < 1.29 is 18.7 Å². The summed E-state index contributed by atoms with van der Waals surface area (Å²) in [5.74, 6) is -2.31. The second-order valence-corrected chi connectivity index (χ2v) is 9.17. The van der Waals surface area contributed by atoms with E-state index in [2.05, 4.69) is 5.32 Å². The van der Waals surface area contributed by atoms with Crippen LogP contribution in [0.2, 0.25) is 5.02 Å². The fourth-order valence-electron chi connectivity index (χ4n) is 4.15. The number of benzene rings is 3. The molecule has 1 atom stereocenters. The smallest absolute Gasteiger partial charge is 0.333 e. The molecular formula is C27H26ClFN4O4. The van der Waals surface area contributed by atoms with Crippen LogP contribution in [0.15, 0.2) is 65.5 Å². The highest BCUT2D eigenvalue weighted by Crippen LogP contribution is 2.23. The van der Waals surface area contributed by atoms with Crippen LogP contribution in [0.1, 0.15) is 15.9 Å². The van der Waals surface area contributed by atoms with Gasteiger partial charge in [0.15, 0.2) is 0 Å². The highest BCUT2D eigenvalue weighted by Gasteiger charge is 2.25. The quantitative estimate of drug-likeness (QED) is 0.373. The highest BCUT2D eigenvalue weighted by atomic mass is 35.5. The standard InChI is InChI=1S/C27H26ClFN4O4/c1-31(2)18-12-13-22-23(15-18)32(3)27(36)33(22)17-10-8-16(9-11-17)14-21(26(35)37-4)30-25(34)24-19(28)6-5-7-20(24)29/h5-13,15,21H,14H2,1-4H3,(H,30,34). The Morgan fingerprint density at radius 2 is 1.78 bits per heavy atom. The molecule has 0 aliphatic rings. The zero-order chi connectivity index (χ0) is 26.9. The third-order valence-electron chi connectivity index (χ3n) is 6.17. The van der Waals surface area contributed by atoms with Crippen molar-refractivity contribution in [3.63, 3.8) is 0 Å². The van der Waals surface area contributed by atoms with Crippen molar-refractivity contribution in [3.8, 4) is 5.69 Å². The van der Waals surface area contributed by atoms with Crippen LogP contribution in [-0.4, -0.2) is 48.3 Å². The second-order valence-electron chi connectivity index (χ2n) is 8.76. The molecule has 0 aliphatic carbocycles. The van der Waals surface area contributed by atoms with Crippen molar-refractivity contribution in [1.82, 2.24) is 14.5 Å². The normalized spacial score (nSPS) is 11.8. The van der Waals surface area contributed by atoms with E-state index in [-0.39, 0.29) is 22.7 Å². The molecule has 10 heteroatoms.